The predicted octanol–water partition coefficient (Wildman–Crippen LogP) is 5.00. The van der Waals surface area contributed by atoms with Gasteiger partial charge in [-0.3, -0.25) is 0 Å². The molecule has 3 heteroatoms. The molecule has 0 aliphatic heterocycles. The van der Waals surface area contributed by atoms with E-state index < -0.39 is 5.60 Å². The van der Waals surface area contributed by atoms with Crippen LogP contribution in [-0.2, 0) is 5.60 Å². The van der Waals surface area contributed by atoms with E-state index in [0.717, 1.165) is 24.6 Å². The van der Waals surface area contributed by atoms with Crippen molar-refractivity contribution in [3.8, 4) is 0 Å². The first kappa shape index (κ1) is 14.6. The number of para-hydroxylation sites is 1. The van der Waals surface area contributed by atoms with Crippen molar-refractivity contribution in [1.29, 1.82) is 0 Å². The van der Waals surface area contributed by atoms with Gasteiger partial charge in [-0.1, -0.05) is 32.4 Å². The Bertz CT molecular complexity index is 631. The largest absolute Gasteiger partial charge is 0.455 e. The van der Waals surface area contributed by atoms with E-state index in [-0.39, 0.29) is 11.4 Å². The molecule has 2 unspecified atom stereocenters. The molecular weight excluding hydrogens is 267 g/mol. The van der Waals surface area contributed by atoms with Crippen molar-refractivity contribution in [1.82, 2.24) is 0 Å². The summed E-state index contributed by atoms with van der Waals surface area (Å²) in [6.07, 6.45) is 4.51. The Morgan fingerprint density at radius 3 is 2.81 bits per heavy atom. The molecule has 1 aliphatic carbocycles. The number of hydrogen-bond acceptors (Lipinski definition) is 2. The van der Waals surface area contributed by atoms with Crippen molar-refractivity contribution >= 4 is 11.0 Å². The molecule has 1 heterocycles. The summed E-state index contributed by atoms with van der Waals surface area (Å²) in [5.74, 6) is 1.45. The highest BCUT2D eigenvalue weighted by atomic mass is 19.1. The fourth-order valence-corrected chi connectivity index (χ4v) is 3.52. The monoisotopic (exact) mass is 290 g/mol. The van der Waals surface area contributed by atoms with Gasteiger partial charge < -0.3 is 9.52 Å². The summed E-state index contributed by atoms with van der Waals surface area (Å²) in [6.45, 7) is 4.48. The predicted molar refractivity (Wildman–Crippen MR) is 81.5 cm³/mol. The third-order valence-corrected chi connectivity index (χ3v) is 4.99. The van der Waals surface area contributed by atoms with Gasteiger partial charge in [0.1, 0.15) is 11.4 Å². The lowest BCUT2D eigenvalue weighted by Crippen LogP contribution is -2.24. The lowest BCUT2D eigenvalue weighted by Gasteiger charge is -2.24. The molecule has 1 saturated carbocycles. The number of furan rings is 1. The Balaban J connectivity index is 1.91. The number of rotatable bonds is 2. The van der Waals surface area contributed by atoms with Gasteiger partial charge in [-0.25, -0.2) is 4.39 Å². The summed E-state index contributed by atoms with van der Waals surface area (Å²) in [7, 11) is 0. The first-order valence-electron chi connectivity index (χ1n) is 7.90. The lowest BCUT2D eigenvalue weighted by atomic mass is 9.87. The third kappa shape index (κ3) is 2.71. The van der Waals surface area contributed by atoms with Crippen LogP contribution in [0.15, 0.2) is 28.7 Å². The molecule has 3 rings (SSSR count). The Morgan fingerprint density at radius 2 is 2.10 bits per heavy atom. The first-order valence-corrected chi connectivity index (χ1v) is 7.90. The molecule has 1 N–H and O–H groups in total. The zero-order chi connectivity index (χ0) is 15.0. The van der Waals surface area contributed by atoms with Crippen molar-refractivity contribution < 1.29 is 13.9 Å². The van der Waals surface area contributed by atoms with Gasteiger partial charge in [0.15, 0.2) is 11.4 Å². The van der Waals surface area contributed by atoms with Gasteiger partial charge in [0.2, 0.25) is 0 Å². The van der Waals surface area contributed by atoms with Crippen LogP contribution in [0.4, 0.5) is 4.39 Å². The van der Waals surface area contributed by atoms with E-state index in [9.17, 15) is 9.50 Å². The molecule has 0 radical (unpaired) electrons. The molecule has 0 spiro atoms. The van der Waals surface area contributed by atoms with Gasteiger partial charge >= 0.3 is 0 Å². The van der Waals surface area contributed by atoms with Crippen LogP contribution in [-0.4, -0.2) is 5.11 Å². The Hall–Kier alpha value is -1.35. The third-order valence-electron chi connectivity index (χ3n) is 4.99. The molecule has 114 valence electrons. The highest BCUT2D eigenvalue weighted by Crippen LogP contribution is 2.41. The molecule has 21 heavy (non-hydrogen) atoms. The van der Waals surface area contributed by atoms with E-state index in [1.54, 1.807) is 12.1 Å². The number of halogens is 1. The molecule has 1 aromatic carbocycles. The van der Waals surface area contributed by atoms with Gasteiger partial charge in [0.25, 0.3) is 0 Å². The molecule has 1 aliphatic rings. The van der Waals surface area contributed by atoms with Crippen LogP contribution in [0.3, 0.4) is 0 Å². The fourth-order valence-electron chi connectivity index (χ4n) is 3.52. The number of fused-ring (bicyclic) bond motifs is 1. The molecular formula is C18H23FO2. The summed E-state index contributed by atoms with van der Waals surface area (Å²) in [5, 5.41) is 11.7. The van der Waals surface area contributed by atoms with E-state index in [0.29, 0.717) is 30.4 Å². The zero-order valence-corrected chi connectivity index (χ0v) is 12.7. The SMILES string of the molecule is CC(C)C1CCCC(O)(c2cc3cccc(F)c3o2)CC1. The van der Waals surface area contributed by atoms with Gasteiger partial charge in [-0.15, -0.1) is 0 Å². The van der Waals surface area contributed by atoms with E-state index in [2.05, 4.69) is 13.8 Å². The normalized spacial score (nSPS) is 27.2. The number of benzene rings is 1. The van der Waals surface area contributed by atoms with Crippen LogP contribution < -0.4 is 0 Å². The minimum Gasteiger partial charge on any atom is -0.455 e. The number of hydrogen-bond donors (Lipinski definition) is 1. The molecule has 0 saturated heterocycles. The van der Waals surface area contributed by atoms with Crippen LogP contribution in [0.1, 0.15) is 51.7 Å². The van der Waals surface area contributed by atoms with Crippen molar-refractivity contribution in [2.45, 2.75) is 51.6 Å². The summed E-state index contributed by atoms with van der Waals surface area (Å²) < 4.78 is 19.4. The Morgan fingerprint density at radius 1 is 1.29 bits per heavy atom. The Kier molecular flexibility index (Phi) is 3.78. The van der Waals surface area contributed by atoms with E-state index in [4.69, 9.17) is 4.42 Å². The summed E-state index contributed by atoms with van der Waals surface area (Å²) in [4.78, 5) is 0. The highest BCUT2D eigenvalue weighted by molar-refractivity contribution is 5.78. The van der Waals surface area contributed by atoms with Crippen LogP contribution >= 0.6 is 0 Å². The molecule has 1 fully saturated rings. The van der Waals surface area contributed by atoms with Gasteiger partial charge in [-0.2, -0.15) is 0 Å². The zero-order valence-electron chi connectivity index (χ0n) is 12.7. The van der Waals surface area contributed by atoms with Crippen LogP contribution in [0, 0.1) is 17.7 Å². The van der Waals surface area contributed by atoms with Crippen molar-refractivity contribution in [2.75, 3.05) is 0 Å². The van der Waals surface area contributed by atoms with Crippen LogP contribution in [0.2, 0.25) is 0 Å². The van der Waals surface area contributed by atoms with Crippen molar-refractivity contribution in [3.63, 3.8) is 0 Å². The smallest absolute Gasteiger partial charge is 0.170 e. The second-order valence-corrected chi connectivity index (χ2v) is 6.74. The minimum atomic E-state index is -0.949. The topological polar surface area (TPSA) is 33.4 Å². The second-order valence-electron chi connectivity index (χ2n) is 6.74. The van der Waals surface area contributed by atoms with E-state index in [1.807, 2.05) is 6.07 Å². The maximum Gasteiger partial charge on any atom is 0.170 e. The molecule has 0 amide bonds. The minimum absolute atomic E-state index is 0.255. The first-order chi connectivity index (χ1) is 9.99. The van der Waals surface area contributed by atoms with E-state index >= 15 is 0 Å². The maximum atomic E-state index is 13.8. The molecule has 1 aromatic heterocycles. The van der Waals surface area contributed by atoms with Crippen LogP contribution in [0.5, 0.6) is 0 Å². The standard InChI is InChI=1S/C18H23FO2/c1-12(2)13-6-4-9-18(20,10-8-13)16-11-14-5-3-7-15(19)17(14)21-16/h3,5,7,11-13,20H,4,6,8-10H2,1-2H3. The van der Waals surface area contributed by atoms with Crippen LogP contribution in [0.25, 0.3) is 11.0 Å². The van der Waals surface area contributed by atoms with E-state index in [1.165, 1.54) is 6.07 Å². The average Bonchev–Trinajstić information content (AvgIpc) is 2.78. The summed E-state index contributed by atoms with van der Waals surface area (Å²) in [5.41, 5.74) is -0.694. The Labute approximate surface area is 125 Å². The quantitative estimate of drug-likeness (QED) is 0.790. The fraction of sp³-hybridized carbons (Fsp3) is 0.556. The highest BCUT2D eigenvalue weighted by Gasteiger charge is 2.36. The van der Waals surface area contributed by atoms with Gasteiger partial charge in [0, 0.05) is 5.39 Å². The average molecular weight is 290 g/mol. The summed E-state index contributed by atoms with van der Waals surface area (Å²) in [6, 6.07) is 6.68. The summed E-state index contributed by atoms with van der Waals surface area (Å²) >= 11 is 0. The molecule has 0 bridgehead atoms. The molecule has 2 aromatic rings. The van der Waals surface area contributed by atoms with Crippen molar-refractivity contribution in [2.24, 2.45) is 11.8 Å². The maximum absolute atomic E-state index is 13.8. The van der Waals surface area contributed by atoms with Gasteiger partial charge in [-0.05, 0) is 49.7 Å². The van der Waals surface area contributed by atoms with Gasteiger partial charge in [0.05, 0.1) is 0 Å². The molecule has 2 atom stereocenters. The molecule has 2 nitrogen and oxygen atoms in total. The van der Waals surface area contributed by atoms with Crippen molar-refractivity contribution in [3.05, 3.63) is 35.8 Å². The second kappa shape index (κ2) is 5.45. The number of aliphatic hydroxyl groups is 1. The lowest BCUT2D eigenvalue weighted by molar-refractivity contribution is -0.000400.